The predicted octanol–water partition coefficient (Wildman–Crippen LogP) is 2.93. The van der Waals surface area contributed by atoms with E-state index in [4.69, 9.17) is 0 Å². The summed E-state index contributed by atoms with van der Waals surface area (Å²) in [7, 11) is 0. The smallest absolute Gasteiger partial charge is 0.251 e. The maximum Gasteiger partial charge on any atom is 0.251 e. The van der Waals surface area contributed by atoms with Gasteiger partial charge in [-0.05, 0) is 23.8 Å². The Kier molecular flexibility index (Phi) is 4.61. The number of rotatable bonds is 3. The number of amides is 1. The van der Waals surface area contributed by atoms with Gasteiger partial charge < -0.3 is 10.4 Å². The van der Waals surface area contributed by atoms with E-state index < -0.39 is 6.10 Å². The van der Waals surface area contributed by atoms with Crippen molar-refractivity contribution in [2.75, 3.05) is 5.75 Å². The Morgan fingerprint density at radius 3 is 2.41 bits per heavy atom. The molecule has 0 aromatic heterocycles. The average Bonchev–Trinajstić information content (AvgIpc) is 2.90. The van der Waals surface area contributed by atoms with Crippen LogP contribution in [0.3, 0.4) is 0 Å². The lowest BCUT2D eigenvalue weighted by molar-refractivity contribution is 0.0900. The van der Waals surface area contributed by atoms with E-state index >= 15 is 0 Å². The topological polar surface area (TPSA) is 49.3 Å². The highest BCUT2D eigenvalue weighted by molar-refractivity contribution is 8.03. The van der Waals surface area contributed by atoms with E-state index in [9.17, 15) is 9.90 Å². The molecular formula is C18H17NO2S. The second-order valence-corrected chi connectivity index (χ2v) is 6.25. The van der Waals surface area contributed by atoms with Crippen molar-refractivity contribution in [3.05, 3.63) is 76.7 Å². The molecule has 2 aromatic rings. The van der Waals surface area contributed by atoms with Gasteiger partial charge in [0.05, 0.1) is 6.04 Å². The van der Waals surface area contributed by atoms with Crippen LogP contribution in [-0.4, -0.2) is 28.9 Å². The van der Waals surface area contributed by atoms with E-state index in [0.29, 0.717) is 11.3 Å². The van der Waals surface area contributed by atoms with Crippen molar-refractivity contribution in [2.45, 2.75) is 12.1 Å². The fraction of sp³-hybridized carbons (Fsp3) is 0.167. The molecular weight excluding hydrogens is 294 g/mol. The largest absolute Gasteiger partial charge is 0.386 e. The van der Waals surface area contributed by atoms with E-state index in [1.807, 2.05) is 54.6 Å². The predicted molar refractivity (Wildman–Crippen MR) is 90.6 cm³/mol. The van der Waals surface area contributed by atoms with Gasteiger partial charge in [0, 0.05) is 16.2 Å². The molecule has 0 unspecified atom stereocenters. The fourth-order valence-electron chi connectivity index (χ4n) is 2.36. The molecule has 1 aliphatic rings. The minimum absolute atomic E-state index is 0.147. The highest BCUT2D eigenvalue weighted by Crippen LogP contribution is 2.33. The Labute approximate surface area is 134 Å². The minimum atomic E-state index is -0.655. The zero-order valence-electron chi connectivity index (χ0n) is 12.0. The molecule has 3 nitrogen and oxygen atoms in total. The van der Waals surface area contributed by atoms with Crippen LogP contribution in [0.1, 0.15) is 15.9 Å². The maximum absolute atomic E-state index is 12.2. The standard InChI is InChI=1S/C18H17NO2S/c20-17-15(19-18(21)14-9-5-2-6-10-14)12-22-16(17)11-13-7-3-1-4-8-13/h1-11,15,17,20H,12H2,(H,19,21)/b16-11+/t15-,17-/m0/s1. The SMILES string of the molecule is O=C(N[C@H]1CS/C(=C/c2ccccc2)[C@H]1O)c1ccccc1. The summed E-state index contributed by atoms with van der Waals surface area (Å²) in [5.74, 6) is 0.532. The van der Waals surface area contributed by atoms with Gasteiger partial charge >= 0.3 is 0 Å². The van der Waals surface area contributed by atoms with Gasteiger partial charge in [-0.1, -0.05) is 48.5 Å². The summed E-state index contributed by atoms with van der Waals surface area (Å²) in [6.45, 7) is 0. The number of thioether (sulfide) groups is 1. The van der Waals surface area contributed by atoms with Crippen molar-refractivity contribution in [3.63, 3.8) is 0 Å². The third-order valence-corrected chi connectivity index (χ3v) is 4.78. The van der Waals surface area contributed by atoms with Crippen LogP contribution in [0.4, 0.5) is 0 Å². The summed E-state index contributed by atoms with van der Waals surface area (Å²) in [4.78, 5) is 13.1. The van der Waals surface area contributed by atoms with E-state index in [-0.39, 0.29) is 11.9 Å². The van der Waals surface area contributed by atoms with Crippen LogP contribution in [0.25, 0.3) is 6.08 Å². The molecule has 112 valence electrons. The molecule has 0 bridgehead atoms. The third kappa shape index (κ3) is 3.40. The Hall–Kier alpha value is -2.04. The molecule has 1 fully saturated rings. The third-order valence-electron chi connectivity index (χ3n) is 3.56. The lowest BCUT2D eigenvalue weighted by Crippen LogP contribution is -2.42. The summed E-state index contributed by atoms with van der Waals surface area (Å²) in [5.41, 5.74) is 1.67. The molecule has 0 saturated carbocycles. The maximum atomic E-state index is 12.2. The molecule has 1 aliphatic heterocycles. The van der Waals surface area contributed by atoms with Crippen LogP contribution >= 0.6 is 11.8 Å². The van der Waals surface area contributed by atoms with Crippen molar-refractivity contribution < 1.29 is 9.90 Å². The van der Waals surface area contributed by atoms with Gasteiger partial charge in [0.15, 0.2) is 0 Å². The first-order valence-electron chi connectivity index (χ1n) is 7.17. The first kappa shape index (κ1) is 14.9. The number of carbonyl (C=O) groups excluding carboxylic acids is 1. The van der Waals surface area contributed by atoms with Crippen LogP contribution in [0.5, 0.6) is 0 Å². The lowest BCUT2D eigenvalue weighted by atomic mass is 10.1. The van der Waals surface area contributed by atoms with Crippen molar-refractivity contribution >= 4 is 23.7 Å². The first-order valence-corrected chi connectivity index (χ1v) is 8.16. The molecule has 1 amide bonds. The summed E-state index contributed by atoms with van der Waals surface area (Å²) in [5, 5.41) is 13.3. The number of nitrogens with one attached hydrogen (secondary N) is 1. The Morgan fingerprint density at radius 2 is 1.73 bits per heavy atom. The van der Waals surface area contributed by atoms with Crippen molar-refractivity contribution in [1.29, 1.82) is 0 Å². The molecule has 1 heterocycles. The molecule has 22 heavy (non-hydrogen) atoms. The molecule has 0 aliphatic carbocycles. The van der Waals surface area contributed by atoms with Gasteiger partial charge in [0.2, 0.25) is 0 Å². The fourth-order valence-corrected chi connectivity index (χ4v) is 3.56. The highest BCUT2D eigenvalue weighted by atomic mass is 32.2. The summed E-state index contributed by atoms with van der Waals surface area (Å²) in [6.07, 6.45) is 1.32. The van der Waals surface area contributed by atoms with E-state index in [1.165, 1.54) is 0 Å². The number of aliphatic hydroxyl groups excluding tert-OH is 1. The van der Waals surface area contributed by atoms with Crippen molar-refractivity contribution in [2.24, 2.45) is 0 Å². The second kappa shape index (κ2) is 6.81. The molecule has 1 saturated heterocycles. The van der Waals surface area contributed by atoms with E-state index in [0.717, 1.165) is 10.5 Å². The number of aliphatic hydroxyl groups is 1. The normalized spacial score (nSPS) is 22.7. The number of hydrogen-bond acceptors (Lipinski definition) is 3. The first-order chi connectivity index (χ1) is 10.7. The van der Waals surface area contributed by atoms with Gasteiger partial charge in [-0.3, -0.25) is 4.79 Å². The molecule has 0 radical (unpaired) electrons. The lowest BCUT2D eigenvalue weighted by Gasteiger charge is -2.16. The monoisotopic (exact) mass is 311 g/mol. The molecule has 2 N–H and O–H groups in total. The number of benzene rings is 2. The van der Waals surface area contributed by atoms with Gasteiger partial charge in [-0.15, -0.1) is 11.8 Å². The summed E-state index contributed by atoms with van der Waals surface area (Å²) >= 11 is 1.59. The Bertz CT molecular complexity index is 670. The Morgan fingerprint density at radius 1 is 1.09 bits per heavy atom. The average molecular weight is 311 g/mol. The van der Waals surface area contributed by atoms with Crippen molar-refractivity contribution in [3.8, 4) is 0 Å². The molecule has 0 spiro atoms. The van der Waals surface area contributed by atoms with E-state index in [1.54, 1.807) is 23.9 Å². The van der Waals surface area contributed by atoms with Gasteiger partial charge in [0.1, 0.15) is 6.10 Å². The van der Waals surface area contributed by atoms with E-state index in [2.05, 4.69) is 5.32 Å². The van der Waals surface area contributed by atoms with Crippen LogP contribution < -0.4 is 5.32 Å². The molecule has 2 atom stereocenters. The molecule has 4 heteroatoms. The van der Waals surface area contributed by atoms with Crippen LogP contribution in [-0.2, 0) is 0 Å². The highest BCUT2D eigenvalue weighted by Gasteiger charge is 2.31. The zero-order valence-corrected chi connectivity index (χ0v) is 12.8. The summed E-state index contributed by atoms with van der Waals surface area (Å²) in [6, 6.07) is 18.7. The summed E-state index contributed by atoms with van der Waals surface area (Å²) < 4.78 is 0. The van der Waals surface area contributed by atoms with Gasteiger partial charge in [0.25, 0.3) is 5.91 Å². The molecule has 2 aromatic carbocycles. The van der Waals surface area contributed by atoms with Gasteiger partial charge in [-0.2, -0.15) is 0 Å². The number of hydrogen-bond donors (Lipinski definition) is 2. The minimum Gasteiger partial charge on any atom is -0.386 e. The van der Waals surface area contributed by atoms with Crippen molar-refractivity contribution in [1.82, 2.24) is 5.32 Å². The number of carbonyl (C=O) groups is 1. The quantitative estimate of drug-likeness (QED) is 0.916. The molecule has 3 rings (SSSR count). The van der Waals surface area contributed by atoms with Crippen LogP contribution in [0, 0.1) is 0 Å². The zero-order chi connectivity index (χ0) is 15.4. The van der Waals surface area contributed by atoms with Crippen LogP contribution in [0.2, 0.25) is 0 Å². The van der Waals surface area contributed by atoms with Crippen LogP contribution in [0.15, 0.2) is 65.6 Å². The second-order valence-electron chi connectivity index (χ2n) is 5.16. The Balaban J connectivity index is 1.68. The van der Waals surface area contributed by atoms with Gasteiger partial charge in [-0.25, -0.2) is 0 Å².